The van der Waals surface area contributed by atoms with E-state index in [-0.39, 0.29) is 17.7 Å². The molecule has 1 N–H and O–H groups in total. The summed E-state index contributed by atoms with van der Waals surface area (Å²) in [6.45, 7) is 11.1. The summed E-state index contributed by atoms with van der Waals surface area (Å²) in [5, 5.41) is 8.96. The van der Waals surface area contributed by atoms with Gasteiger partial charge < -0.3 is 10.0 Å². The van der Waals surface area contributed by atoms with Gasteiger partial charge in [-0.05, 0) is 7.05 Å². The van der Waals surface area contributed by atoms with Crippen LogP contribution in [-0.2, 0) is 9.59 Å². The molecule has 0 aromatic carbocycles. The Bertz CT molecular complexity index is 366. The third-order valence-electron chi connectivity index (χ3n) is 3.89. The van der Waals surface area contributed by atoms with Gasteiger partial charge in [0, 0.05) is 44.7 Å². The monoisotopic (exact) mass is 299 g/mol. The fourth-order valence-corrected chi connectivity index (χ4v) is 2.19. The molecule has 0 saturated carbocycles. The van der Waals surface area contributed by atoms with E-state index in [1.165, 1.54) is 0 Å². The number of nitrogens with zero attached hydrogens (tertiary/aromatic N) is 3. The van der Waals surface area contributed by atoms with Gasteiger partial charge in [0.15, 0.2) is 5.78 Å². The molecule has 0 aromatic heterocycles. The van der Waals surface area contributed by atoms with E-state index in [4.69, 9.17) is 5.11 Å². The molecule has 1 saturated heterocycles. The summed E-state index contributed by atoms with van der Waals surface area (Å²) in [7, 11) is 2.04. The molecular formula is C15H29N3O3. The molecule has 0 unspecified atom stereocenters. The highest BCUT2D eigenvalue weighted by Gasteiger charge is 2.24. The molecule has 6 nitrogen and oxygen atoms in total. The van der Waals surface area contributed by atoms with Crippen LogP contribution in [0.1, 0.15) is 20.8 Å². The van der Waals surface area contributed by atoms with Crippen LogP contribution in [0.4, 0.5) is 0 Å². The Morgan fingerprint density at radius 2 is 1.33 bits per heavy atom. The van der Waals surface area contributed by atoms with E-state index in [2.05, 4.69) is 9.80 Å². The minimum Gasteiger partial charge on any atom is -0.480 e. The number of carboxylic acids is 1. The predicted octanol–water partition coefficient (Wildman–Crippen LogP) is 0.236. The molecular weight excluding hydrogens is 270 g/mol. The van der Waals surface area contributed by atoms with E-state index in [0.29, 0.717) is 13.1 Å². The van der Waals surface area contributed by atoms with Gasteiger partial charge >= 0.3 is 5.97 Å². The van der Waals surface area contributed by atoms with Crippen LogP contribution in [0.25, 0.3) is 0 Å². The van der Waals surface area contributed by atoms with Crippen molar-refractivity contribution in [1.29, 1.82) is 0 Å². The summed E-state index contributed by atoms with van der Waals surface area (Å²) >= 11 is 0. The number of hydrogen-bond acceptors (Lipinski definition) is 5. The van der Waals surface area contributed by atoms with Crippen molar-refractivity contribution in [2.45, 2.75) is 20.8 Å². The molecule has 0 atom stereocenters. The molecule has 1 fully saturated rings. The summed E-state index contributed by atoms with van der Waals surface area (Å²) in [5.74, 6) is -0.566. The van der Waals surface area contributed by atoms with E-state index < -0.39 is 5.97 Å². The topological polar surface area (TPSA) is 64.1 Å². The molecule has 0 radical (unpaired) electrons. The zero-order chi connectivity index (χ0) is 16.0. The number of aliphatic carboxylic acids is 1. The SMILES string of the molecule is CN1CCN(CC(=O)O)CCN(CC(=O)C(C)(C)C)CC1. The Morgan fingerprint density at radius 1 is 0.905 bits per heavy atom. The molecule has 1 heterocycles. The molecule has 0 spiro atoms. The maximum absolute atomic E-state index is 12.2. The van der Waals surface area contributed by atoms with Crippen molar-refractivity contribution in [1.82, 2.24) is 14.7 Å². The van der Waals surface area contributed by atoms with Crippen LogP contribution in [0.15, 0.2) is 0 Å². The highest BCUT2D eigenvalue weighted by molar-refractivity contribution is 5.85. The number of likely N-dealkylation sites (N-methyl/N-ethyl adjacent to an activating group) is 1. The van der Waals surface area contributed by atoms with Crippen molar-refractivity contribution >= 4 is 11.8 Å². The standard InChI is InChI=1S/C15H29N3O3/c1-15(2,3)13(19)11-17-7-5-16(4)6-8-18(10-9-17)12-14(20)21/h5-12H2,1-4H3,(H,20,21). The molecule has 6 heteroatoms. The predicted molar refractivity (Wildman–Crippen MR) is 82.5 cm³/mol. The molecule has 1 aliphatic rings. The number of Topliss-reactive ketones (excluding diaryl/α,β-unsaturated/α-hetero) is 1. The summed E-state index contributed by atoms with van der Waals surface area (Å²) < 4.78 is 0. The first-order chi connectivity index (χ1) is 9.68. The van der Waals surface area contributed by atoms with Gasteiger partial charge in [0.25, 0.3) is 0 Å². The number of rotatable bonds is 4. The molecule has 0 amide bonds. The second kappa shape index (κ2) is 7.87. The maximum Gasteiger partial charge on any atom is 0.317 e. The van der Waals surface area contributed by atoms with Gasteiger partial charge in [-0.25, -0.2) is 0 Å². The van der Waals surface area contributed by atoms with Gasteiger partial charge in [0.1, 0.15) is 0 Å². The second-order valence-electron chi connectivity index (χ2n) is 6.92. The Morgan fingerprint density at radius 3 is 1.76 bits per heavy atom. The van der Waals surface area contributed by atoms with Crippen LogP contribution in [-0.4, -0.2) is 91.0 Å². The van der Waals surface area contributed by atoms with Gasteiger partial charge in [-0.3, -0.25) is 19.4 Å². The highest BCUT2D eigenvalue weighted by Crippen LogP contribution is 2.15. The summed E-state index contributed by atoms with van der Waals surface area (Å²) in [4.78, 5) is 29.4. The Labute approximate surface area is 127 Å². The molecule has 0 aromatic rings. The average molecular weight is 299 g/mol. The summed E-state index contributed by atoms with van der Waals surface area (Å²) in [6, 6.07) is 0. The first-order valence-corrected chi connectivity index (χ1v) is 7.57. The summed E-state index contributed by atoms with van der Waals surface area (Å²) in [5.41, 5.74) is -0.328. The Balaban J connectivity index is 2.63. The molecule has 21 heavy (non-hydrogen) atoms. The van der Waals surface area contributed by atoms with Crippen molar-refractivity contribution in [3.8, 4) is 0 Å². The number of ketones is 1. The van der Waals surface area contributed by atoms with Crippen molar-refractivity contribution in [3.05, 3.63) is 0 Å². The first-order valence-electron chi connectivity index (χ1n) is 7.57. The van der Waals surface area contributed by atoms with E-state index in [1.54, 1.807) is 0 Å². The minimum absolute atomic E-state index is 0.0644. The van der Waals surface area contributed by atoms with E-state index in [9.17, 15) is 9.59 Å². The first kappa shape index (κ1) is 18.1. The van der Waals surface area contributed by atoms with E-state index in [1.807, 2.05) is 32.7 Å². The lowest BCUT2D eigenvalue weighted by Gasteiger charge is -2.27. The van der Waals surface area contributed by atoms with Gasteiger partial charge in [-0.1, -0.05) is 20.8 Å². The fourth-order valence-electron chi connectivity index (χ4n) is 2.19. The Hall–Kier alpha value is -0.980. The smallest absolute Gasteiger partial charge is 0.317 e. The van der Waals surface area contributed by atoms with E-state index in [0.717, 1.165) is 32.7 Å². The quantitative estimate of drug-likeness (QED) is 0.802. The van der Waals surface area contributed by atoms with Crippen LogP contribution < -0.4 is 0 Å². The molecule has 0 bridgehead atoms. The van der Waals surface area contributed by atoms with Crippen molar-refractivity contribution in [2.75, 3.05) is 59.4 Å². The fraction of sp³-hybridized carbons (Fsp3) is 0.867. The van der Waals surface area contributed by atoms with Gasteiger partial charge in [-0.15, -0.1) is 0 Å². The van der Waals surface area contributed by atoms with Crippen LogP contribution >= 0.6 is 0 Å². The third-order valence-corrected chi connectivity index (χ3v) is 3.89. The van der Waals surface area contributed by atoms with Crippen LogP contribution in [0.3, 0.4) is 0 Å². The minimum atomic E-state index is -0.797. The van der Waals surface area contributed by atoms with Gasteiger partial charge in [-0.2, -0.15) is 0 Å². The van der Waals surface area contributed by atoms with Crippen LogP contribution in [0, 0.1) is 5.41 Å². The molecule has 122 valence electrons. The normalized spacial score (nSPS) is 20.6. The largest absolute Gasteiger partial charge is 0.480 e. The number of carbonyl (C=O) groups is 2. The molecule has 0 aliphatic carbocycles. The number of carbonyl (C=O) groups excluding carboxylic acids is 1. The van der Waals surface area contributed by atoms with Gasteiger partial charge in [0.2, 0.25) is 0 Å². The average Bonchev–Trinajstić information content (AvgIpc) is 2.42. The molecule has 1 rings (SSSR count). The van der Waals surface area contributed by atoms with Crippen molar-refractivity contribution in [3.63, 3.8) is 0 Å². The Kier molecular flexibility index (Phi) is 6.77. The molecule has 1 aliphatic heterocycles. The van der Waals surface area contributed by atoms with Gasteiger partial charge in [0.05, 0.1) is 13.1 Å². The highest BCUT2D eigenvalue weighted by atomic mass is 16.4. The van der Waals surface area contributed by atoms with E-state index >= 15 is 0 Å². The number of carboxylic acid groups (broad SMARTS) is 1. The van der Waals surface area contributed by atoms with Crippen molar-refractivity contribution in [2.24, 2.45) is 5.41 Å². The lowest BCUT2D eigenvalue weighted by molar-refractivity contribution is -0.138. The van der Waals surface area contributed by atoms with Crippen LogP contribution in [0.5, 0.6) is 0 Å². The zero-order valence-electron chi connectivity index (χ0n) is 13.8. The lowest BCUT2D eigenvalue weighted by Crippen LogP contribution is -2.42. The van der Waals surface area contributed by atoms with Crippen molar-refractivity contribution < 1.29 is 14.7 Å². The maximum atomic E-state index is 12.2. The number of hydrogen-bond donors (Lipinski definition) is 1. The van der Waals surface area contributed by atoms with Crippen LogP contribution in [0.2, 0.25) is 0 Å². The lowest BCUT2D eigenvalue weighted by atomic mass is 9.90. The summed E-state index contributed by atoms with van der Waals surface area (Å²) in [6.07, 6.45) is 0. The second-order valence-corrected chi connectivity index (χ2v) is 6.92. The zero-order valence-corrected chi connectivity index (χ0v) is 13.8. The third kappa shape index (κ3) is 7.02.